The van der Waals surface area contributed by atoms with E-state index in [9.17, 15) is 24.0 Å². The molecule has 184 valence electrons. The van der Waals surface area contributed by atoms with Gasteiger partial charge in [-0.1, -0.05) is 0 Å². The Morgan fingerprint density at radius 3 is 1.73 bits per heavy atom. The molecular weight excluding hydrogens is 434 g/mol. The monoisotopic (exact) mass is 467 g/mol. The molecule has 3 amide bonds. The van der Waals surface area contributed by atoms with Crippen molar-refractivity contribution in [1.29, 1.82) is 0 Å². The fraction of sp³-hybridized carbons (Fsp3) is 0.667. The van der Waals surface area contributed by atoms with Crippen molar-refractivity contribution in [2.45, 2.75) is 19.3 Å². The maximum absolute atomic E-state index is 12.0. The number of unbranched alkanes of at least 4 members (excludes halogenated alkanes) is 1. The first-order chi connectivity index (χ1) is 15.7. The molecule has 2 heterocycles. The molecule has 0 aromatic heterocycles. The molecule has 1 fully saturated rings. The fourth-order valence-corrected chi connectivity index (χ4v) is 3.75. The summed E-state index contributed by atoms with van der Waals surface area (Å²) in [5, 5.41) is 21.0. The van der Waals surface area contributed by atoms with Crippen molar-refractivity contribution < 1.29 is 34.2 Å². The van der Waals surface area contributed by atoms with Crippen LogP contribution in [0.4, 0.5) is 0 Å². The van der Waals surface area contributed by atoms with Gasteiger partial charge in [-0.05, 0) is 19.4 Å². The molecule has 3 N–H and O–H groups in total. The van der Waals surface area contributed by atoms with E-state index in [2.05, 4.69) is 10.2 Å². The van der Waals surface area contributed by atoms with E-state index in [1.807, 2.05) is 9.80 Å². The van der Waals surface area contributed by atoms with E-state index in [1.54, 1.807) is 0 Å². The maximum atomic E-state index is 12.0. The lowest BCUT2D eigenvalue weighted by Crippen LogP contribution is -2.40. The van der Waals surface area contributed by atoms with Crippen LogP contribution in [0, 0.1) is 0 Å². The number of rotatable bonds is 12. The summed E-state index contributed by atoms with van der Waals surface area (Å²) in [5.74, 6) is -2.84. The van der Waals surface area contributed by atoms with Crippen LogP contribution in [0.2, 0.25) is 0 Å². The summed E-state index contributed by atoms with van der Waals surface area (Å²) in [6.45, 7) is 4.69. The number of carboxylic acids is 2. The highest BCUT2D eigenvalue weighted by atomic mass is 16.4. The number of imide groups is 1. The quantitative estimate of drug-likeness (QED) is 0.223. The molecule has 0 aromatic rings. The third-order valence-corrected chi connectivity index (χ3v) is 5.60. The van der Waals surface area contributed by atoms with E-state index in [0.717, 1.165) is 24.3 Å². The highest BCUT2D eigenvalue weighted by Crippen LogP contribution is 2.05. The molecule has 12 heteroatoms. The lowest BCUT2D eigenvalue weighted by atomic mass is 10.2. The number of carboxylic acid groups (broad SMARTS) is 2. The predicted molar refractivity (Wildman–Crippen MR) is 117 cm³/mol. The first-order valence-corrected chi connectivity index (χ1v) is 11.2. The van der Waals surface area contributed by atoms with E-state index in [4.69, 9.17) is 10.2 Å². The third-order valence-electron chi connectivity index (χ3n) is 5.60. The van der Waals surface area contributed by atoms with Crippen molar-refractivity contribution in [2.75, 3.05) is 72.0 Å². The van der Waals surface area contributed by atoms with Gasteiger partial charge in [0.05, 0.1) is 13.1 Å². The van der Waals surface area contributed by atoms with Crippen LogP contribution in [0.25, 0.3) is 0 Å². The molecule has 0 aliphatic carbocycles. The minimum atomic E-state index is -0.906. The molecule has 1 saturated heterocycles. The number of amides is 3. The smallest absolute Gasteiger partial charge is 0.317 e. The second-order valence-electron chi connectivity index (χ2n) is 8.15. The number of hydrogen-bond donors (Lipinski definition) is 3. The van der Waals surface area contributed by atoms with E-state index >= 15 is 0 Å². The summed E-state index contributed by atoms with van der Waals surface area (Å²) in [4.78, 5) is 64.0. The summed E-state index contributed by atoms with van der Waals surface area (Å²) in [5.41, 5.74) is 0. The zero-order valence-electron chi connectivity index (χ0n) is 18.8. The van der Waals surface area contributed by atoms with Crippen LogP contribution in [0.1, 0.15) is 19.3 Å². The number of aliphatic carboxylic acids is 2. The average Bonchev–Trinajstić information content (AvgIpc) is 3.10. The molecule has 33 heavy (non-hydrogen) atoms. The normalized spacial score (nSPS) is 18.7. The largest absolute Gasteiger partial charge is 0.480 e. The maximum Gasteiger partial charge on any atom is 0.317 e. The molecule has 12 nitrogen and oxygen atoms in total. The van der Waals surface area contributed by atoms with E-state index in [0.29, 0.717) is 45.8 Å². The van der Waals surface area contributed by atoms with Crippen LogP contribution < -0.4 is 5.32 Å². The standard InChI is InChI=1S/C21H33N5O7/c27-17(5-8-26-18(28)3-4-19(26)29)22-6-1-2-7-23-9-11-24(15-20(30)31)13-14-25(12-10-23)16-21(32)33/h3-4H,1-2,5-16H2,(H,22,27)(H,30,31)(H,32,33). The van der Waals surface area contributed by atoms with Gasteiger partial charge in [-0.15, -0.1) is 0 Å². The molecule has 0 radical (unpaired) electrons. The van der Waals surface area contributed by atoms with Crippen LogP contribution in [0.3, 0.4) is 0 Å². The Morgan fingerprint density at radius 1 is 0.758 bits per heavy atom. The number of nitrogens with one attached hydrogen (secondary N) is 1. The van der Waals surface area contributed by atoms with Gasteiger partial charge in [-0.25, -0.2) is 0 Å². The van der Waals surface area contributed by atoms with Crippen molar-refractivity contribution in [3.63, 3.8) is 0 Å². The van der Waals surface area contributed by atoms with Crippen molar-refractivity contribution >= 4 is 29.7 Å². The number of carbonyl (C=O) groups excluding carboxylic acids is 3. The van der Waals surface area contributed by atoms with E-state index in [1.165, 1.54) is 12.2 Å². The van der Waals surface area contributed by atoms with Crippen molar-refractivity contribution in [3.05, 3.63) is 12.2 Å². The van der Waals surface area contributed by atoms with Crippen LogP contribution in [-0.2, 0) is 24.0 Å². The SMILES string of the molecule is O=C(O)CN1CCN(CCCCNC(=O)CCN2C(=O)C=CC2=O)CCN(CC(=O)O)CC1. The van der Waals surface area contributed by atoms with Gasteiger partial charge in [0.25, 0.3) is 11.8 Å². The Hall–Kier alpha value is -2.83. The summed E-state index contributed by atoms with van der Waals surface area (Å²) >= 11 is 0. The molecule has 2 rings (SSSR count). The summed E-state index contributed by atoms with van der Waals surface area (Å²) < 4.78 is 0. The van der Waals surface area contributed by atoms with Gasteiger partial charge in [0.2, 0.25) is 5.91 Å². The average molecular weight is 468 g/mol. The second kappa shape index (κ2) is 13.7. The van der Waals surface area contributed by atoms with E-state index in [-0.39, 0.29) is 32.0 Å². The molecule has 2 aliphatic rings. The van der Waals surface area contributed by atoms with Gasteiger partial charge in [-0.3, -0.25) is 38.7 Å². The van der Waals surface area contributed by atoms with Gasteiger partial charge in [0, 0.05) is 70.9 Å². The van der Waals surface area contributed by atoms with Crippen molar-refractivity contribution in [2.24, 2.45) is 0 Å². The molecule has 0 saturated carbocycles. The first kappa shape index (κ1) is 26.4. The molecule has 2 aliphatic heterocycles. The Labute approximate surface area is 192 Å². The lowest BCUT2D eigenvalue weighted by Gasteiger charge is -2.25. The molecule has 0 spiro atoms. The molecule has 0 unspecified atom stereocenters. The second-order valence-corrected chi connectivity index (χ2v) is 8.15. The number of hydrogen-bond acceptors (Lipinski definition) is 8. The Kier molecular flexibility index (Phi) is 10.9. The summed E-state index contributed by atoms with van der Waals surface area (Å²) in [6, 6.07) is 0. The summed E-state index contributed by atoms with van der Waals surface area (Å²) in [7, 11) is 0. The first-order valence-electron chi connectivity index (χ1n) is 11.2. The number of nitrogens with zero attached hydrogens (tertiary/aromatic N) is 4. The predicted octanol–water partition coefficient (Wildman–Crippen LogP) is -1.71. The third kappa shape index (κ3) is 10.1. The fourth-order valence-electron chi connectivity index (χ4n) is 3.75. The van der Waals surface area contributed by atoms with Gasteiger partial charge in [0.1, 0.15) is 0 Å². The molecule has 0 atom stereocenters. The van der Waals surface area contributed by atoms with Gasteiger partial charge >= 0.3 is 11.9 Å². The Bertz CT molecular complexity index is 711. The zero-order valence-corrected chi connectivity index (χ0v) is 18.8. The van der Waals surface area contributed by atoms with Crippen LogP contribution >= 0.6 is 0 Å². The highest BCUT2D eigenvalue weighted by Gasteiger charge is 2.23. The lowest BCUT2D eigenvalue weighted by molar-refractivity contribution is -0.140. The topological polar surface area (TPSA) is 151 Å². The van der Waals surface area contributed by atoms with Gasteiger partial charge < -0.3 is 20.4 Å². The number of carbonyl (C=O) groups is 5. The van der Waals surface area contributed by atoms with Crippen LogP contribution in [-0.4, -0.2) is 131 Å². The minimum absolute atomic E-state index is 0.0595. The van der Waals surface area contributed by atoms with Crippen molar-refractivity contribution in [3.8, 4) is 0 Å². The van der Waals surface area contributed by atoms with E-state index < -0.39 is 23.8 Å². The molecule has 0 aromatic carbocycles. The molecular formula is C21H33N5O7. The van der Waals surface area contributed by atoms with Crippen molar-refractivity contribution in [1.82, 2.24) is 24.9 Å². The van der Waals surface area contributed by atoms with Gasteiger partial charge in [0.15, 0.2) is 0 Å². The zero-order chi connectivity index (χ0) is 24.2. The Balaban J connectivity index is 1.69. The van der Waals surface area contributed by atoms with Crippen LogP contribution in [0.15, 0.2) is 12.2 Å². The summed E-state index contributed by atoms with van der Waals surface area (Å²) in [6.07, 6.45) is 3.99. The van der Waals surface area contributed by atoms with Crippen LogP contribution in [0.5, 0.6) is 0 Å². The Morgan fingerprint density at radius 2 is 1.24 bits per heavy atom. The van der Waals surface area contributed by atoms with Gasteiger partial charge in [-0.2, -0.15) is 0 Å². The highest BCUT2D eigenvalue weighted by molar-refractivity contribution is 6.13. The molecule has 0 bridgehead atoms. The minimum Gasteiger partial charge on any atom is -0.480 e.